The molecule has 0 spiro atoms. The van der Waals surface area contributed by atoms with Crippen LogP contribution in [-0.2, 0) is 4.43 Å². The van der Waals surface area contributed by atoms with Crippen molar-refractivity contribution in [2.75, 3.05) is 24.7 Å². The van der Waals surface area contributed by atoms with Crippen LogP contribution < -0.4 is 0 Å². The van der Waals surface area contributed by atoms with Crippen LogP contribution in [0.3, 0.4) is 0 Å². The molecule has 1 unspecified atom stereocenters. The smallest absolute Gasteiger partial charge is 0.165 e. The SMILES string of the molecule is OCCCO[SiH2]C(CS)CCS. The number of aliphatic hydroxyl groups is 1. The fraction of sp³-hybridized carbons (Fsp3) is 1.00. The Kier molecular flexibility index (Phi) is 10.6. The van der Waals surface area contributed by atoms with Crippen LogP contribution in [0, 0.1) is 0 Å². The van der Waals surface area contributed by atoms with E-state index in [4.69, 9.17) is 9.53 Å². The molecule has 0 amide bonds. The molecule has 0 bridgehead atoms. The van der Waals surface area contributed by atoms with Crippen LogP contribution in [0.5, 0.6) is 0 Å². The summed E-state index contributed by atoms with van der Waals surface area (Å²) in [5, 5.41) is 8.50. The van der Waals surface area contributed by atoms with Gasteiger partial charge >= 0.3 is 0 Å². The van der Waals surface area contributed by atoms with Gasteiger partial charge in [-0.05, 0) is 29.9 Å². The highest BCUT2D eigenvalue weighted by molar-refractivity contribution is 7.80. The monoisotopic (exact) mass is 226 g/mol. The summed E-state index contributed by atoms with van der Waals surface area (Å²) in [6, 6.07) is 0. The van der Waals surface area contributed by atoms with Gasteiger partial charge in [-0.3, -0.25) is 0 Å². The zero-order valence-corrected chi connectivity index (χ0v) is 10.5. The van der Waals surface area contributed by atoms with E-state index < -0.39 is 9.76 Å². The summed E-state index contributed by atoms with van der Waals surface area (Å²) < 4.78 is 5.48. The zero-order chi connectivity index (χ0) is 9.23. The van der Waals surface area contributed by atoms with Crippen LogP contribution in [0.15, 0.2) is 0 Å². The number of hydrogen-bond acceptors (Lipinski definition) is 4. The van der Waals surface area contributed by atoms with Crippen LogP contribution >= 0.6 is 25.3 Å². The third-order valence-corrected chi connectivity index (χ3v) is 4.55. The molecule has 0 heterocycles. The van der Waals surface area contributed by atoms with Gasteiger partial charge in [0.2, 0.25) is 0 Å². The van der Waals surface area contributed by atoms with Gasteiger partial charge in [0.1, 0.15) is 0 Å². The highest BCUT2D eigenvalue weighted by atomic mass is 32.1. The van der Waals surface area contributed by atoms with Gasteiger partial charge in [0.15, 0.2) is 9.76 Å². The summed E-state index contributed by atoms with van der Waals surface area (Å²) in [5.41, 5.74) is 0.643. The Morgan fingerprint density at radius 1 is 1.42 bits per heavy atom. The van der Waals surface area contributed by atoms with E-state index in [1.165, 1.54) is 0 Å². The first-order valence-electron chi connectivity index (χ1n) is 4.25. The Bertz CT molecular complexity index is 95.5. The Labute approximate surface area is 87.8 Å². The van der Waals surface area contributed by atoms with E-state index in [1.54, 1.807) is 0 Å². The van der Waals surface area contributed by atoms with Crippen molar-refractivity contribution < 1.29 is 9.53 Å². The number of hydrogen-bond donors (Lipinski definition) is 3. The predicted molar refractivity (Wildman–Crippen MR) is 62.3 cm³/mol. The van der Waals surface area contributed by atoms with Gasteiger partial charge in [0.25, 0.3) is 0 Å². The molecule has 0 fully saturated rings. The lowest BCUT2D eigenvalue weighted by Crippen LogP contribution is -2.12. The van der Waals surface area contributed by atoms with Crippen molar-refractivity contribution >= 4 is 35.0 Å². The van der Waals surface area contributed by atoms with E-state index in [1.807, 2.05) is 0 Å². The Hall–Kier alpha value is 0.837. The van der Waals surface area contributed by atoms with Crippen molar-refractivity contribution in [1.82, 2.24) is 0 Å². The number of thiol groups is 2. The van der Waals surface area contributed by atoms with Gasteiger partial charge in [-0.15, -0.1) is 0 Å². The lowest BCUT2D eigenvalue weighted by molar-refractivity contribution is 0.237. The molecule has 0 aromatic rings. The van der Waals surface area contributed by atoms with E-state index in [9.17, 15) is 0 Å². The normalized spacial score (nSPS) is 14.2. The van der Waals surface area contributed by atoms with Crippen molar-refractivity contribution in [3.8, 4) is 0 Å². The van der Waals surface area contributed by atoms with Gasteiger partial charge in [0.05, 0.1) is 0 Å². The first-order valence-corrected chi connectivity index (χ1v) is 6.91. The van der Waals surface area contributed by atoms with Gasteiger partial charge in [-0.1, -0.05) is 0 Å². The molecule has 0 rings (SSSR count). The lowest BCUT2D eigenvalue weighted by atomic mass is 10.4. The summed E-state index contributed by atoms with van der Waals surface area (Å²) in [6.07, 6.45) is 1.87. The fourth-order valence-electron chi connectivity index (χ4n) is 0.827. The van der Waals surface area contributed by atoms with E-state index in [0.717, 1.165) is 24.3 Å². The molecule has 0 aliphatic heterocycles. The quantitative estimate of drug-likeness (QED) is 0.320. The Morgan fingerprint density at radius 2 is 2.17 bits per heavy atom. The highest BCUT2D eigenvalue weighted by Crippen LogP contribution is 2.11. The minimum atomic E-state index is -0.442. The maximum Gasteiger partial charge on any atom is 0.165 e. The van der Waals surface area contributed by atoms with Gasteiger partial charge < -0.3 is 9.53 Å². The van der Waals surface area contributed by atoms with Crippen molar-refractivity contribution in [3.05, 3.63) is 0 Å². The second kappa shape index (κ2) is 9.92. The van der Waals surface area contributed by atoms with Gasteiger partial charge in [-0.2, -0.15) is 25.3 Å². The van der Waals surface area contributed by atoms with Crippen molar-refractivity contribution in [2.45, 2.75) is 18.4 Å². The third kappa shape index (κ3) is 7.48. The summed E-state index contributed by atoms with van der Waals surface area (Å²) >= 11 is 8.42. The van der Waals surface area contributed by atoms with E-state index >= 15 is 0 Å². The standard InChI is InChI=1S/C7H18O2S2Si/c8-3-1-4-9-12-7(6-11)2-5-10/h7-8,10-11H,1-6,12H2. The van der Waals surface area contributed by atoms with E-state index in [-0.39, 0.29) is 6.61 Å². The Morgan fingerprint density at radius 3 is 2.67 bits per heavy atom. The van der Waals surface area contributed by atoms with Crippen LogP contribution in [0.2, 0.25) is 5.54 Å². The molecule has 1 atom stereocenters. The van der Waals surface area contributed by atoms with Crippen molar-refractivity contribution in [1.29, 1.82) is 0 Å². The van der Waals surface area contributed by atoms with Crippen molar-refractivity contribution in [3.63, 3.8) is 0 Å². The lowest BCUT2D eigenvalue weighted by Gasteiger charge is -2.11. The molecular weight excluding hydrogens is 208 g/mol. The van der Waals surface area contributed by atoms with Gasteiger partial charge in [0, 0.05) is 13.2 Å². The minimum Gasteiger partial charge on any atom is -0.424 e. The van der Waals surface area contributed by atoms with Crippen LogP contribution in [0.25, 0.3) is 0 Å². The second-order valence-electron chi connectivity index (χ2n) is 2.71. The van der Waals surface area contributed by atoms with Crippen LogP contribution in [0.1, 0.15) is 12.8 Å². The fourth-order valence-corrected chi connectivity index (χ4v) is 3.21. The average molecular weight is 226 g/mol. The molecule has 0 aromatic heterocycles. The first kappa shape index (κ1) is 12.8. The first-order chi connectivity index (χ1) is 5.85. The Balaban J connectivity index is 3.19. The summed E-state index contributed by atoms with van der Waals surface area (Å²) in [5.74, 6) is 1.83. The predicted octanol–water partition coefficient (Wildman–Crippen LogP) is 0.507. The molecule has 1 N–H and O–H groups in total. The topological polar surface area (TPSA) is 29.5 Å². The highest BCUT2D eigenvalue weighted by Gasteiger charge is 2.06. The average Bonchev–Trinajstić information content (AvgIpc) is 2.10. The van der Waals surface area contributed by atoms with Gasteiger partial charge in [-0.25, -0.2) is 0 Å². The minimum absolute atomic E-state index is 0.229. The largest absolute Gasteiger partial charge is 0.424 e. The number of aliphatic hydroxyl groups excluding tert-OH is 1. The molecule has 0 saturated heterocycles. The second-order valence-corrected chi connectivity index (χ2v) is 5.42. The molecule has 12 heavy (non-hydrogen) atoms. The summed E-state index contributed by atoms with van der Waals surface area (Å²) in [4.78, 5) is 0. The molecule has 0 aromatic carbocycles. The third-order valence-electron chi connectivity index (χ3n) is 1.60. The van der Waals surface area contributed by atoms with Crippen LogP contribution in [-0.4, -0.2) is 39.6 Å². The summed E-state index contributed by atoms with van der Waals surface area (Å²) in [6.45, 7) is 0.937. The molecule has 5 heteroatoms. The van der Waals surface area contributed by atoms with E-state index in [0.29, 0.717) is 12.1 Å². The molecule has 2 nitrogen and oxygen atoms in total. The van der Waals surface area contributed by atoms with E-state index in [2.05, 4.69) is 25.3 Å². The maximum absolute atomic E-state index is 8.50. The molecule has 0 aliphatic carbocycles. The van der Waals surface area contributed by atoms with Crippen LogP contribution in [0.4, 0.5) is 0 Å². The van der Waals surface area contributed by atoms with Crippen molar-refractivity contribution in [2.24, 2.45) is 0 Å². The molecule has 0 aliphatic rings. The molecule has 0 radical (unpaired) electrons. The summed E-state index contributed by atoms with van der Waals surface area (Å²) in [7, 11) is -0.442. The number of rotatable bonds is 8. The maximum atomic E-state index is 8.50. The zero-order valence-electron chi connectivity index (χ0n) is 7.28. The molecule has 0 saturated carbocycles. The molecular formula is C7H18O2S2Si. The molecule has 74 valence electrons.